The Balaban J connectivity index is 1.47. The van der Waals surface area contributed by atoms with Crippen LogP contribution in [0.1, 0.15) is 13.8 Å². The first-order valence-corrected chi connectivity index (χ1v) is 11.7. The summed E-state index contributed by atoms with van der Waals surface area (Å²) < 4.78 is 10.7. The summed E-state index contributed by atoms with van der Waals surface area (Å²) in [5.74, 6) is -1.66. The monoisotopic (exact) mass is 546 g/mol. The average molecular weight is 546 g/mol. The maximum absolute atomic E-state index is 13.0. The fraction of sp³-hybridized carbons (Fsp3) is 0.800. The SMILES string of the molecule is CC1=NN(C2O[C@H](CO)[C@@H](O)[C@H](O)[C@H]2O)C(=O)C1N=NC1C(=O)N(C2O[C@H](CO)[C@@H](O)[C@H](O)[C@H]2O)N=C1C. The number of ether oxygens (including phenoxy) is 2. The molecule has 38 heavy (non-hydrogen) atoms. The molecule has 18 heteroatoms. The van der Waals surface area contributed by atoms with Crippen LogP contribution in [0, 0.1) is 0 Å². The lowest BCUT2D eigenvalue weighted by atomic mass is 9.98. The van der Waals surface area contributed by atoms with Crippen molar-refractivity contribution in [3.05, 3.63) is 0 Å². The molecular weight excluding hydrogens is 516 g/mol. The van der Waals surface area contributed by atoms with Crippen LogP contribution < -0.4 is 0 Å². The van der Waals surface area contributed by atoms with E-state index in [1.807, 2.05) is 0 Å². The number of aliphatic hydroxyl groups is 8. The second-order valence-electron chi connectivity index (χ2n) is 9.32. The molecule has 4 heterocycles. The van der Waals surface area contributed by atoms with E-state index in [-0.39, 0.29) is 11.4 Å². The topological polar surface area (TPSA) is 270 Å². The van der Waals surface area contributed by atoms with Crippen molar-refractivity contribution in [2.24, 2.45) is 20.4 Å². The molecule has 0 aromatic rings. The summed E-state index contributed by atoms with van der Waals surface area (Å²) in [5, 5.41) is 96.6. The Bertz CT molecular complexity index is 944. The number of hydrogen-bond acceptors (Lipinski definition) is 16. The molecule has 212 valence electrons. The van der Waals surface area contributed by atoms with Gasteiger partial charge in [0.2, 0.25) is 0 Å². The molecule has 0 aromatic carbocycles. The lowest BCUT2D eigenvalue weighted by Gasteiger charge is -2.42. The predicted octanol–water partition coefficient (Wildman–Crippen LogP) is -5.79. The third-order valence-corrected chi connectivity index (χ3v) is 6.76. The molecule has 0 saturated carbocycles. The third-order valence-electron chi connectivity index (χ3n) is 6.76. The normalized spacial score (nSPS) is 44.3. The zero-order chi connectivity index (χ0) is 28.0. The van der Waals surface area contributed by atoms with Crippen molar-refractivity contribution >= 4 is 23.2 Å². The summed E-state index contributed by atoms with van der Waals surface area (Å²) in [6.45, 7) is 1.43. The molecule has 12 atom stereocenters. The molecule has 4 rings (SSSR count). The second kappa shape index (κ2) is 10.9. The molecule has 0 aliphatic carbocycles. The maximum Gasteiger partial charge on any atom is 0.277 e. The lowest BCUT2D eigenvalue weighted by molar-refractivity contribution is -0.261. The minimum Gasteiger partial charge on any atom is -0.394 e. The van der Waals surface area contributed by atoms with Crippen molar-refractivity contribution in [3.8, 4) is 0 Å². The number of aliphatic hydroxyl groups excluding tert-OH is 8. The molecule has 18 nitrogen and oxygen atoms in total. The van der Waals surface area contributed by atoms with Crippen molar-refractivity contribution in [3.63, 3.8) is 0 Å². The van der Waals surface area contributed by atoms with Crippen LogP contribution in [0.4, 0.5) is 0 Å². The van der Waals surface area contributed by atoms with Gasteiger partial charge in [-0.05, 0) is 13.8 Å². The Morgan fingerprint density at radius 2 is 1.00 bits per heavy atom. The van der Waals surface area contributed by atoms with Crippen molar-refractivity contribution < 1.29 is 59.9 Å². The van der Waals surface area contributed by atoms with Crippen LogP contribution in [0.25, 0.3) is 0 Å². The molecule has 2 saturated heterocycles. The van der Waals surface area contributed by atoms with Crippen LogP contribution >= 0.6 is 0 Å². The van der Waals surface area contributed by atoms with Crippen LogP contribution in [0.15, 0.2) is 20.4 Å². The molecule has 0 radical (unpaired) electrons. The third kappa shape index (κ3) is 4.72. The summed E-state index contributed by atoms with van der Waals surface area (Å²) in [7, 11) is 0. The van der Waals surface area contributed by atoms with E-state index < -0.39 is 98.4 Å². The second-order valence-corrected chi connectivity index (χ2v) is 9.32. The zero-order valence-corrected chi connectivity index (χ0v) is 20.2. The van der Waals surface area contributed by atoms with Gasteiger partial charge in [-0.15, -0.1) is 0 Å². The molecular formula is C20H30N6O12. The number of rotatable bonds is 6. The maximum atomic E-state index is 13.0. The van der Waals surface area contributed by atoms with Crippen molar-refractivity contribution in [1.82, 2.24) is 10.0 Å². The number of hydrogen-bond donors (Lipinski definition) is 8. The van der Waals surface area contributed by atoms with Gasteiger partial charge in [0.1, 0.15) is 48.8 Å². The smallest absolute Gasteiger partial charge is 0.277 e. The Labute approximate surface area is 214 Å². The van der Waals surface area contributed by atoms with E-state index in [1.54, 1.807) is 0 Å². The van der Waals surface area contributed by atoms with Gasteiger partial charge in [0.25, 0.3) is 11.8 Å². The highest BCUT2D eigenvalue weighted by molar-refractivity contribution is 6.12. The van der Waals surface area contributed by atoms with Gasteiger partial charge in [0.15, 0.2) is 24.5 Å². The molecule has 0 bridgehead atoms. The molecule has 2 amide bonds. The summed E-state index contributed by atoms with van der Waals surface area (Å²) >= 11 is 0. The average Bonchev–Trinajstić information content (AvgIpc) is 3.33. The van der Waals surface area contributed by atoms with Crippen LogP contribution in [0.3, 0.4) is 0 Å². The first kappa shape index (κ1) is 28.5. The fourth-order valence-corrected chi connectivity index (χ4v) is 4.49. The highest BCUT2D eigenvalue weighted by Gasteiger charge is 2.52. The Hall–Kier alpha value is -2.52. The molecule has 4 aliphatic heterocycles. The molecule has 0 aromatic heterocycles. The van der Waals surface area contributed by atoms with Crippen LogP contribution in [0.5, 0.6) is 0 Å². The minimum atomic E-state index is -1.76. The summed E-state index contributed by atoms with van der Waals surface area (Å²) in [6.07, 6.45) is -15.9. The highest BCUT2D eigenvalue weighted by Crippen LogP contribution is 2.29. The molecule has 8 N–H and O–H groups in total. The van der Waals surface area contributed by atoms with Gasteiger partial charge in [-0.1, -0.05) is 0 Å². The van der Waals surface area contributed by atoms with E-state index in [0.29, 0.717) is 10.0 Å². The number of amides is 2. The van der Waals surface area contributed by atoms with Crippen molar-refractivity contribution in [2.75, 3.05) is 13.2 Å². The van der Waals surface area contributed by atoms with E-state index >= 15 is 0 Å². The van der Waals surface area contributed by atoms with Crippen LogP contribution in [0.2, 0.25) is 0 Å². The number of carbonyl (C=O) groups is 2. The summed E-state index contributed by atoms with van der Waals surface area (Å²) in [6, 6.07) is -2.69. The van der Waals surface area contributed by atoms with E-state index in [1.165, 1.54) is 13.8 Å². The Morgan fingerprint density at radius 1 is 0.658 bits per heavy atom. The van der Waals surface area contributed by atoms with Gasteiger partial charge in [-0.2, -0.15) is 30.4 Å². The largest absolute Gasteiger partial charge is 0.394 e. The van der Waals surface area contributed by atoms with Crippen LogP contribution in [-0.4, -0.2) is 161 Å². The molecule has 2 fully saturated rings. The fourth-order valence-electron chi connectivity index (χ4n) is 4.49. The molecule has 0 spiro atoms. The Morgan fingerprint density at radius 3 is 1.32 bits per heavy atom. The first-order chi connectivity index (χ1) is 17.9. The van der Waals surface area contributed by atoms with Crippen LogP contribution in [-0.2, 0) is 19.1 Å². The van der Waals surface area contributed by atoms with E-state index in [2.05, 4.69) is 20.4 Å². The first-order valence-electron chi connectivity index (χ1n) is 11.7. The van der Waals surface area contributed by atoms with Crippen molar-refractivity contribution in [1.29, 1.82) is 0 Å². The Kier molecular flexibility index (Phi) is 8.19. The summed E-state index contributed by atoms with van der Waals surface area (Å²) in [5.41, 5.74) is 0.197. The van der Waals surface area contributed by atoms with Crippen molar-refractivity contribution in [2.45, 2.75) is 87.2 Å². The van der Waals surface area contributed by atoms with Gasteiger partial charge < -0.3 is 50.3 Å². The highest BCUT2D eigenvalue weighted by atomic mass is 16.6. The number of nitrogens with zero attached hydrogens (tertiary/aromatic N) is 6. The molecule has 4 unspecified atom stereocenters. The van der Waals surface area contributed by atoms with Gasteiger partial charge >= 0.3 is 0 Å². The quantitative estimate of drug-likeness (QED) is 0.145. The van der Waals surface area contributed by atoms with Gasteiger partial charge in [0, 0.05) is 0 Å². The predicted molar refractivity (Wildman–Crippen MR) is 120 cm³/mol. The number of azo groups is 1. The van der Waals surface area contributed by atoms with Gasteiger partial charge in [-0.3, -0.25) is 9.59 Å². The molecule has 4 aliphatic rings. The van der Waals surface area contributed by atoms with Gasteiger partial charge in [-0.25, -0.2) is 0 Å². The van der Waals surface area contributed by atoms with E-state index in [9.17, 15) is 50.4 Å². The van der Waals surface area contributed by atoms with E-state index in [0.717, 1.165) is 0 Å². The van der Waals surface area contributed by atoms with E-state index in [4.69, 9.17) is 9.47 Å². The zero-order valence-electron chi connectivity index (χ0n) is 20.2. The van der Waals surface area contributed by atoms with Gasteiger partial charge in [0.05, 0.1) is 24.6 Å². The number of hydrazone groups is 2. The number of carbonyl (C=O) groups excluding carboxylic acids is 2. The summed E-state index contributed by atoms with van der Waals surface area (Å²) in [4.78, 5) is 26.0. The minimum absolute atomic E-state index is 0.0986. The lowest BCUT2D eigenvalue weighted by Crippen LogP contribution is -2.63. The standard InChI is InChI=1S/C20H30N6O12/c1-5-9(17(35)25(23-5)19-15(33)13(31)11(29)7(3-27)37-19)21-22-10-6(2)24-26(18(10)36)20-16(34)14(32)12(30)8(4-28)38-20/h7-16,19-20,27-34H,3-4H2,1-2H3/t7-,8-,9?,10?,11-,12-,13+,14+,15-,16-,19?,20?/m1/s1.